The van der Waals surface area contributed by atoms with E-state index in [1.807, 2.05) is 36.4 Å². The van der Waals surface area contributed by atoms with Crippen LogP contribution in [0.25, 0.3) is 6.08 Å². The fourth-order valence-corrected chi connectivity index (χ4v) is 8.79. The van der Waals surface area contributed by atoms with E-state index in [9.17, 15) is 19.2 Å². The number of benzene rings is 4. The Hall–Kier alpha value is -4.87. The molecular formula is C41H35Cl2N3O5S2. The molecule has 270 valence electrons. The molecule has 53 heavy (non-hydrogen) atoms. The van der Waals surface area contributed by atoms with Crippen molar-refractivity contribution in [2.24, 2.45) is 5.92 Å². The van der Waals surface area contributed by atoms with Crippen molar-refractivity contribution >= 4 is 86.8 Å². The number of rotatable bonds is 11. The van der Waals surface area contributed by atoms with Crippen LogP contribution in [0.2, 0.25) is 10.0 Å². The normalized spacial score (nSPS) is 14.4. The van der Waals surface area contributed by atoms with E-state index in [-0.39, 0.29) is 16.6 Å². The molecule has 3 N–H and O–H groups in total. The Kier molecular flexibility index (Phi) is 12.4. The van der Waals surface area contributed by atoms with Crippen LogP contribution in [0.4, 0.5) is 10.7 Å². The zero-order valence-corrected chi connectivity index (χ0v) is 31.9. The Morgan fingerprint density at radius 1 is 0.906 bits per heavy atom. The minimum absolute atomic E-state index is 0.0583. The summed E-state index contributed by atoms with van der Waals surface area (Å²) in [7, 11) is 1.35. The van der Waals surface area contributed by atoms with Crippen LogP contribution in [0.3, 0.4) is 0 Å². The van der Waals surface area contributed by atoms with Crippen molar-refractivity contribution in [3.05, 3.63) is 152 Å². The lowest BCUT2D eigenvalue weighted by Gasteiger charge is -2.18. The summed E-state index contributed by atoms with van der Waals surface area (Å²) < 4.78 is 5.14. The van der Waals surface area contributed by atoms with Crippen molar-refractivity contribution in [3.8, 4) is 0 Å². The van der Waals surface area contributed by atoms with Gasteiger partial charge in [-0.05, 0) is 84.3 Å². The molecule has 0 bridgehead atoms. The van der Waals surface area contributed by atoms with Gasteiger partial charge in [0, 0.05) is 21.0 Å². The smallest absolute Gasteiger partial charge is 0.341 e. The molecule has 1 aliphatic carbocycles. The molecule has 0 radical (unpaired) electrons. The van der Waals surface area contributed by atoms with Crippen molar-refractivity contribution in [3.63, 3.8) is 0 Å². The first kappa shape index (κ1) is 37.9. The maximum atomic E-state index is 14.1. The van der Waals surface area contributed by atoms with E-state index in [2.05, 4.69) is 22.9 Å². The maximum Gasteiger partial charge on any atom is 0.341 e. The summed E-state index contributed by atoms with van der Waals surface area (Å²) in [6, 6.07) is 29.9. The number of fused-ring (bicyclic) bond motifs is 1. The predicted octanol–water partition coefficient (Wildman–Crippen LogP) is 9.85. The molecule has 2 atom stereocenters. The van der Waals surface area contributed by atoms with Gasteiger partial charge in [-0.3, -0.25) is 14.4 Å². The Labute approximate surface area is 325 Å². The topological polar surface area (TPSA) is 114 Å². The lowest BCUT2D eigenvalue weighted by molar-refractivity contribution is -0.116. The second kappa shape index (κ2) is 17.3. The molecule has 12 heteroatoms. The first-order valence-electron chi connectivity index (χ1n) is 16.8. The molecule has 1 heterocycles. The van der Waals surface area contributed by atoms with Gasteiger partial charge < -0.3 is 20.7 Å². The molecule has 0 fully saturated rings. The number of carbonyl (C=O) groups excluding carboxylic acids is 4. The molecule has 6 rings (SSSR count). The number of methoxy groups -OCH3 is 1. The van der Waals surface area contributed by atoms with Crippen molar-refractivity contribution in [2.75, 3.05) is 17.7 Å². The van der Waals surface area contributed by atoms with E-state index in [1.54, 1.807) is 66.7 Å². The quantitative estimate of drug-likeness (QED) is 0.0699. The highest BCUT2D eigenvalue weighted by Gasteiger charge is 2.31. The highest BCUT2D eigenvalue weighted by atomic mass is 35.5. The fourth-order valence-electron chi connectivity index (χ4n) is 5.95. The SMILES string of the molecule is COC(=O)c1c(NC(=O)C(Sc2cccc(NC(=O)/C(=C\c3cccc(Cl)c3Cl)NC(=O)c3ccccc3)c2)c2ccccc2)sc2c1CCC(C)C2. The van der Waals surface area contributed by atoms with E-state index in [4.69, 9.17) is 27.9 Å². The van der Waals surface area contributed by atoms with Gasteiger partial charge in [0.1, 0.15) is 15.9 Å². The molecule has 0 aliphatic heterocycles. The number of amides is 3. The van der Waals surface area contributed by atoms with Crippen molar-refractivity contribution in [2.45, 2.75) is 36.3 Å². The Morgan fingerprint density at radius 3 is 2.36 bits per heavy atom. The summed E-state index contributed by atoms with van der Waals surface area (Å²) in [6.07, 6.45) is 4.02. The van der Waals surface area contributed by atoms with Crippen LogP contribution >= 0.6 is 46.3 Å². The van der Waals surface area contributed by atoms with Gasteiger partial charge in [-0.1, -0.05) is 96.9 Å². The number of hydrogen-bond acceptors (Lipinski definition) is 7. The van der Waals surface area contributed by atoms with Crippen LogP contribution in [0.5, 0.6) is 0 Å². The van der Waals surface area contributed by atoms with E-state index in [0.717, 1.165) is 35.3 Å². The molecule has 0 saturated heterocycles. The van der Waals surface area contributed by atoms with Crippen molar-refractivity contribution in [1.29, 1.82) is 0 Å². The average molecular weight is 785 g/mol. The molecule has 8 nitrogen and oxygen atoms in total. The van der Waals surface area contributed by atoms with Crippen LogP contribution in [0, 0.1) is 5.92 Å². The van der Waals surface area contributed by atoms with E-state index < -0.39 is 23.0 Å². The fraction of sp³-hybridized carbons (Fsp3) is 0.171. The number of hydrogen-bond donors (Lipinski definition) is 3. The molecule has 0 spiro atoms. The molecule has 5 aromatic rings. The third kappa shape index (κ3) is 9.20. The van der Waals surface area contributed by atoms with Gasteiger partial charge in [-0.2, -0.15) is 0 Å². The van der Waals surface area contributed by atoms with Gasteiger partial charge in [-0.25, -0.2) is 4.79 Å². The lowest BCUT2D eigenvalue weighted by atomic mass is 9.88. The zero-order valence-electron chi connectivity index (χ0n) is 28.8. The molecule has 1 aromatic heterocycles. The summed E-state index contributed by atoms with van der Waals surface area (Å²) in [4.78, 5) is 55.8. The first-order valence-corrected chi connectivity index (χ1v) is 19.2. The summed E-state index contributed by atoms with van der Waals surface area (Å²) in [5.41, 5.74) is 3.31. The lowest BCUT2D eigenvalue weighted by Crippen LogP contribution is -2.30. The highest BCUT2D eigenvalue weighted by molar-refractivity contribution is 8.00. The monoisotopic (exact) mass is 783 g/mol. The number of thioether (sulfide) groups is 1. The van der Waals surface area contributed by atoms with Crippen molar-refractivity contribution in [1.82, 2.24) is 5.32 Å². The summed E-state index contributed by atoms with van der Waals surface area (Å²) >= 11 is 15.4. The highest BCUT2D eigenvalue weighted by Crippen LogP contribution is 2.42. The van der Waals surface area contributed by atoms with E-state index in [0.29, 0.717) is 43.2 Å². The Morgan fingerprint density at radius 2 is 1.62 bits per heavy atom. The van der Waals surface area contributed by atoms with Gasteiger partial charge in [0.15, 0.2) is 0 Å². The number of carbonyl (C=O) groups is 4. The first-order chi connectivity index (χ1) is 25.6. The maximum absolute atomic E-state index is 14.1. The summed E-state index contributed by atoms with van der Waals surface area (Å²) in [5.74, 6) is -1.37. The number of thiophene rings is 1. The third-order valence-electron chi connectivity index (χ3n) is 8.63. The summed E-state index contributed by atoms with van der Waals surface area (Å²) in [6.45, 7) is 2.18. The van der Waals surface area contributed by atoms with Crippen molar-refractivity contribution < 1.29 is 23.9 Å². The van der Waals surface area contributed by atoms with Gasteiger partial charge >= 0.3 is 5.97 Å². The van der Waals surface area contributed by atoms with Gasteiger partial charge in [0.2, 0.25) is 5.91 Å². The minimum Gasteiger partial charge on any atom is -0.465 e. The number of esters is 1. The van der Waals surface area contributed by atoms with Gasteiger partial charge in [-0.15, -0.1) is 23.1 Å². The Balaban J connectivity index is 1.26. The van der Waals surface area contributed by atoms with Crippen LogP contribution in [-0.4, -0.2) is 30.8 Å². The van der Waals surface area contributed by atoms with E-state index in [1.165, 1.54) is 36.3 Å². The second-order valence-electron chi connectivity index (χ2n) is 12.4. The number of anilines is 2. The van der Waals surface area contributed by atoms with Crippen LogP contribution < -0.4 is 16.0 Å². The van der Waals surface area contributed by atoms with Crippen LogP contribution in [0.15, 0.2) is 114 Å². The number of nitrogens with one attached hydrogen (secondary N) is 3. The summed E-state index contributed by atoms with van der Waals surface area (Å²) in [5, 5.41) is 8.95. The molecule has 1 aliphatic rings. The molecule has 0 saturated carbocycles. The third-order valence-corrected chi connectivity index (χ3v) is 11.9. The van der Waals surface area contributed by atoms with E-state index >= 15 is 0 Å². The standard InChI is InChI=1S/C41H35Cl2N3O5S2/c1-24-19-20-30-33(21-24)53-40(34(30)41(50)51-2)46-39(49)36(25-11-5-3-6-12-25)52-29-17-10-16-28(23-29)44-38(48)32(22-27-15-9-18-31(42)35(27)43)45-37(47)26-13-7-4-8-14-26/h3-18,22-24,36H,19-21H2,1-2H3,(H,44,48)(H,45,47)(H,46,49)/b32-22+. The zero-order chi connectivity index (χ0) is 37.5. The molecule has 4 aromatic carbocycles. The second-order valence-corrected chi connectivity index (χ2v) is 15.5. The average Bonchev–Trinajstić information content (AvgIpc) is 3.52. The van der Waals surface area contributed by atoms with Gasteiger partial charge in [0.25, 0.3) is 11.8 Å². The van der Waals surface area contributed by atoms with Gasteiger partial charge in [0.05, 0.1) is 22.7 Å². The number of ether oxygens (including phenoxy) is 1. The molecular weight excluding hydrogens is 750 g/mol. The van der Waals surface area contributed by atoms with Crippen LogP contribution in [-0.2, 0) is 27.2 Å². The minimum atomic E-state index is -0.712. The largest absolute Gasteiger partial charge is 0.465 e. The predicted molar refractivity (Wildman–Crippen MR) is 214 cm³/mol. The molecule has 2 unspecified atom stereocenters. The van der Waals surface area contributed by atoms with Crippen LogP contribution in [0.1, 0.15) is 60.9 Å². The molecule has 3 amide bonds. The number of halogens is 2. The Bertz CT molecular complexity index is 2190.